The summed E-state index contributed by atoms with van der Waals surface area (Å²) in [4.78, 5) is 4.81. The third kappa shape index (κ3) is 6.32. The maximum absolute atomic E-state index is 2.41. The van der Waals surface area contributed by atoms with Gasteiger partial charge in [0.1, 0.15) is 0 Å². The molecular weight excluding hydrogens is 725 g/mol. The zero-order valence-corrected chi connectivity index (χ0v) is 33.0. The van der Waals surface area contributed by atoms with E-state index < -0.39 is 0 Å². The van der Waals surface area contributed by atoms with Crippen LogP contribution < -0.4 is 9.80 Å². The predicted molar refractivity (Wildman–Crippen MR) is 257 cm³/mol. The molecule has 0 N–H and O–H groups in total. The second-order valence-electron chi connectivity index (χ2n) is 15.3. The van der Waals surface area contributed by atoms with E-state index in [-0.39, 0.29) is 0 Å². The maximum Gasteiger partial charge on any atom is 0.0540 e. The van der Waals surface area contributed by atoms with Crippen LogP contribution in [0.25, 0.3) is 65.3 Å². The third-order valence-corrected chi connectivity index (χ3v) is 11.8. The Morgan fingerprint density at radius 1 is 0.183 bits per heavy atom. The fourth-order valence-electron chi connectivity index (χ4n) is 8.89. The lowest BCUT2D eigenvalue weighted by atomic mass is 9.99. The van der Waals surface area contributed by atoms with E-state index in [9.17, 15) is 0 Å². The first-order chi connectivity index (χ1) is 29.8. The Bertz CT molecular complexity index is 2910. The molecule has 282 valence electrons. The summed E-state index contributed by atoms with van der Waals surface area (Å²) in [6.45, 7) is 0. The van der Waals surface area contributed by atoms with Gasteiger partial charge in [0, 0.05) is 32.9 Å². The van der Waals surface area contributed by atoms with Crippen molar-refractivity contribution in [1.82, 2.24) is 0 Å². The zero-order chi connectivity index (χ0) is 39.8. The van der Waals surface area contributed by atoms with Gasteiger partial charge in [-0.3, -0.25) is 0 Å². The van der Waals surface area contributed by atoms with Crippen LogP contribution in [0.4, 0.5) is 34.1 Å². The lowest BCUT2D eigenvalue weighted by molar-refractivity contribution is 1.31. The standard InChI is InChI=1S/C58H40N2/c1-5-21-51-45(13-1)17-9-25-55(51)59(56-26-10-18-46-14-2-6-22-52(46)56)49-37-33-43(34-38-49)41-29-31-42(32-30-41)44-35-39-50(40-36-44)60(57-27-11-19-47-15-3-7-23-53(47)57)58-28-12-20-48-16-4-8-24-54(48)58/h1-40H. The molecule has 0 amide bonds. The van der Waals surface area contributed by atoms with Crippen molar-refractivity contribution in [3.63, 3.8) is 0 Å². The summed E-state index contributed by atoms with van der Waals surface area (Å²) in [6.07, 6.45) is 0. The van der Waals surface area contributed by atoms with Gasteiger partial charge in [-0.05, 0) is 92.3 Å². The van der Waals surface area contributed by atoms with Crippen molar-refractivity contribution in [3.05, 3.63) is 243 Å². The van der Waals surface area contributed by atoms with Crippen LogP contribution in [0.3, 0.4) is 0 Å². The Morgan fingerprint density at radius 2 is 0.400 bits per heavy atom. The van der Waals surface area contributed by atoms with Crippen molar-refractivity contribution in [2.75, 3.05) is 9.80 Å². The molecule has 0 unspecified atom stereocenters. The topological polar surface area (TPSA) is 6.48 Å². The molecule has 0 aliphatic carbocycles. The highest BCUT2D eigenvalue weighted by Crippen LogP contribution is 2.44. The maximum atomic E-state index is 2.41. The van der Waals surface area contributed by atoms with Gasteiger partial charge >= 0.3 is 0 Å². The first-order valence-corrected chi connectivity index (χ1v) is 20.6. The molecule has 0 radical (unpaired) electrons. The minimum absolute atomic E-state index is 1.12. The molecule has 0 bridgehead atoms. The summed E-state index contributed by atoms with van der Waals surface area (Å²) in [5.41, 5.74) is 11.6. The fourth-order valence-corrected chi connectivity index (χ4v) is 8.89. The Morgan fingerprint density at radius 3 is 0.667 bits per heavy atom. The molecule has 11 rings (SSSR count). The van der Waals surface area contributed by atoms with Gasteiger partial charge in [0.25, 0.3) is 0 Å². The van der Waals surface area contributed by atoms with E-state index in [0.29, 0.717) is 0 Å². The molecule has 11 aromatic rings. The molecule has 11 aromatic carbocycles. The van der Waals surface area contributed by atoms with Gasteiger partial charge in [0.05, 0.1) is 22.7 Å². The molecule has 0 saturated carbocycles. The van der Waals surface area contributed by atoms with Crippen molar-refractivity contribution in [2.24, 2.45) is 0 Å². The molecule has 2 nitrogen and oxygen atoms in total. The highest BCUT2D eigenvalue weighted by Gasteiger charge is 2.19. The SMILES string of the molecule is c1ccc2c(N(c3ccc(-c4ccc(-c5ccc(N(c6cccc7ccccc67)c6cccc7ccccc67)cc5)cc4)cc3)c3cccc4ccccc34)cccc2c1. The number of anilines is 6. The van der Waals surface area contributed by atoms with Crippen molar-refractivity contribution in [1.29, 1.82) is 0 Å². The molecule has 0 spiro atoms. The van der Waals surface area contributed by atoms with E-state index in [1.54, 1.807) is 0 Å². The molecule has 60 heavy (non-hydrogen) atoms. The quantitative estimate of drug-likeness (QED) is 0.152. The average Bonchev–Trinajstić information content (AvgIpc) is 3.32. The predicted octanol–water partition coefficient (Wildman–Crippen LogP) is 16.6. The first-order valence-electron chi connectivity index (χ1n) is 20.6. The molecule has 0 aliphatic heterocycles. The Hall–Kier alpha value is -7.94. The summed E-state index contributed by atoms with van der Waals surface area (Å²) in [5.74, 6) is 0. The van der Waals surface area contributed by atoms with E-state index >= 15 is 0 Å². The number of benzene rings is 11. The van der Waals surface area contributed by atoms with Crippen LogP contribution in [0.15, 0.2) is 243 Å². The highest BCUT2D eigenvalue weighted by atomic mass is 15.2. The molecular formula is C58H40N2. The van der Waals surface area contributed by atoms with Gasteiger partial charge < -0.3 is 9.80 Å². The largest absolute Gasteiger partial charge is 0.309 e. The van der Waals surface area contributed by atoms with E-state index in [1.807, 2.05) is 0 Å². The van der Waals surface area contributed by atoms with Crippen molar-refractivity contribution in [3.8, 4) is 22.3 Å². The third-order valence-electron chi connectivity index (χ3n) is 11.8. The van der Waals surface area contributed by atoms with Crippen LogP contribution in [-0.4, -0.2) is 0 Å². The van der Waals surface area contributed by atoms with Crippen LogP contribution in [0.2, 0.25) is 0 Å². The van der Waals surface area contributed by atoms with Crippen LogP contribution in [0.1, 0.15) is 0 Å². The van der Waals surface area contributed by atoms with Crippen LogP contribution in [-0.2, 0) is 0 Å². The monoisotopic (exact) mass is 764 g/mol. The second-order valence-corrected chi connectivity index (χ2v) is 15.3. The van der Waals surface area contributed by atoms with Crippen LogP contribution in [0.5, 0.6) is 0 Å². The number of nitrogens with zero attached hydrogens (tertiary/aromatic N) is 2. The Balaban J connectivity index is 0.923. The minimum atomic E-state index is 1.12. The smallest absolute Gasteiger partial charge is 0.0540 e. The second kappa shape index (κ2) is 15.1. The number of hydrogen-bond donors (Lipinski definition) is 0. The van der Waals surface area contributed by atoms with Crippen LogP contribution in [0, 0.1) is 0 Å². The minimum Gasteiger partial charge on any atom is -0.309 e. The molecule has 0 aliphatic rings. The Kier molecular flexibility index (Phi) is 8.87. The number of fused-ring (bicyclic) bond motifs is 4. The molecule has 0 atom stereocenters. The molecule has 0 aromatic heterocycles. The van der Waals surface area contributed by atoms with E-state index in [4.69, 9.17) is 0 Å². The summed E-state index contributed by atoms with van der Waals surface area (Å²) in [5, 5.41) is 9.76. The number of hydrogen-bond acceptors (Lipinski definition) is 2. The van der Waals surface area contributed by atoms with E-state index in [2.05, 4.69) is 252 Å². The average molecular weight is 765 g/mol. The number of rotatable bonds is 8. The van der Waals surface area contributed by atoms with Gasteiger partial charge in [-0.2, -0.15) is 0 Å². The van der Waals surface area contributed by atoms with Gasteiger partial charge in [0.15, 0.2) is 0 Å². The fraction of sp³-hybridized carbons (Fsp3) is 0. The van der Waals surface area contributed by atoms with Gasteiger partial charge in [-0.1, -0.05) is 194 Å². The highest BCUT2D eigenvalue weighted by molar-refractivity contribution is 6.06. The molecule has 0 fully saturated rings. The molecule has 2 heteroatoms. The van der Waals surface area contributed by atoms with Gasteiger partial charge in [-0.25, -0.2) is 0 Å². The normalized spacial score (nSPS) is 11.3. The molecule has 0 heterocycles. The van der Waals surface area contributed by atoms with Crippen LogP contribution >= 0.6 is 0 Å². The zero-order valence-electron chi connectivity index (χ0n) is 33.0. The van der Waals surface area contributed by atoms with E-state index in [1.165, 1.54) is 65.3 Å². The van der Waals surface area contributed by atoms with Gasteiger partial charge in [-0.15, -0.1) is 0 Å². The van der Waals surface area contributed by atoms with E-state index in [0.717, 1.165) is 34.1 Å². The first kappa shape index (κ1) is 35.2. The van der Waals surface area contributed by atoms with Gasteiger partial charge in [0.2, 0.25) is 0 Å². The van der Waals surface area contributed by atoms with Crippen molar-refractivity contribution >= 4 is 77.2 Å². The summed E-state index contributed by atoms with van der Waals surface area (Å²) in [6, 6.07) is 87.9. The lowest BCUT2D eigenvalue weighted by Crippen LogP contribution is -2.11. The summed E-state index contributed by atoms with van der Waals surface area (Å²) < 4.78 is 0. The summed E-state index contributed by atoms with van der Waals surface area (Å²) in [7, 11) is 0. The Labute approximate surface area is 350 Å². The lowest BCUT2D eigenvalue weighted by Gasteiger charge is -2.28. The molecule has 0 saturated heterocycles. The van der Waals surface area contributed by atoms with Crippen molar-refractivity contribution in [2.45, 2.75) is 0 Å². The van der Waals surface area contributed by atoms with Crippen molar-refractivity contribution < 1.29 is 0 Å². The summed E-state index contributed by atoms with van der Waals surface area (Å²) >= 11 is 0.